The Balaban J connectivity index is 2.08. The number of rotatable bonds is 1. The monoisotopic (exact) mass is 214 g/mol. The molecule has 0 fully saturated rings. The predicted molar refractivity (Wildman–Crippen MR) is 62.1 cm³/mol. The third kappa shape index (κ3) is 1.37. The number of carbonyl (C=O) groups is 1. The van der Waals surface area contributed by atoms with E-state index in [-0.39, 0.29) is 0 Å². The van der Waals surface area contributed by atoms with Crippen LogP contribution in [-0.2, 0) is 4.79 Å². The average molecular weight is 214 g/mol. The van der Waals surface area contributed by atoms with Gasteiger partial charge in [0, 0.05) is 21.6 Å². The lowest BCUT2D eigenvalue weighted by atomic mass is 9.90. The second kappa shape index (κ2) is 3.38. The molecule has 1 aliphatic heterocycles. The molecule has 0 spiro atoms. The van der Waals surface area contributed by atoms with E-state index < -0.39 is 0 Å². The molecule has 2 unspecified atom stereocenters. The Morgan fingerprint density at radius 3 is 3.00 bits per heavy atom. The molecule has 1 nitrogen and oxygen atoms in total. The molecular formula is C13H10OS. The molecule has 0 aromatic heterocycles. The normalized spacial score (nSPS) is 26.8. The summed E-state index contributed by atoms with van der Waals surface area (Å²) in [6, 6.07) is 8.44. The Bertz CT molecular complexity index is 473. The minimum atomic E-state index is 0.386. The smallest absolute Gasteiger partial charge is 0.149 e. The molecule has 1 aromatic rings. The highest BCUT2D eigenvalue weighted by Gasteiger charge is 2.31. The van der Waals surface area contributed by atoms with Crippen LogP contribution in [0, 0.1) is 0 Å². The van der Waals surface area contributed by atoms with Crippen molar-refractivity contribution in [1.82, 2.24) is 0 Å². The molecule has 1 heterocycles. The molecular weight excluding hydrogens is 204 g/mol. The molecule has 0 N–H and O–H groups in total. The summed E-state index contributed by atoms with van der Waals surface area (Å²) in [5, 5.41) is 0.478. The number of carbonyl (C=O) groups excluding carboxylic acids is 1. The van der Waals surface area contributed by atoms with Crippen molar-refractivity contribution in [3.8, 4) is 0 Å². The molecule has 0 amide bonds. The predicted octanol–water partition coefficient (Wildman–Crippen LogP) is 2.94. The number of thioether (sulfide) groups is 1. The van der Waals surface area contributed by atoms with Crippen molar-refractivity contribution >= 4 is 18.0 Å². The Hall–Kier alpha value is -1.28. The zero-order chi connectivity index (χ0) is 10.3. The van der Waals surface area contributed by atoms with Crippen LogP contribution in [0.15, 0.2) is 53.0 Å². The third-order valence-electron chi connectivity index (χ3n) is 2.88. The SMILES string of the molecule is O=CC1=CC2c3ccccc3SC2C=C1. The van der Waals surface area contributed by atoms with Crippen LogP contribution in [0.25, 0.3) is 0 Å². The summed E-state index contributed by atoms with van der Waals surface area (Å²) in [6.07, 6.45) is 7.07. The van der Waals surface area contributed by atoms with Crippen LogP contribution in [0.1, 0.15) is 11.5 Å². The molecule has 0 bridgehead atoms. The summed E-state index contributed by atoms with van der Waals surface area (Å²) < 4.78 is 0. The molecule has 2 atom stereocenters. The number of hydrogen-bond donors (Lipinski definition) is 0. The fraction of sp³-hybridized carbons (Fsp3) is 0.154. The lowest BCUT2D eigenvalue weighted by molar-refractivity contribution is -0.104. The van der Waals surface area contributed by atoms with E-state index in [1.807, 2.05) is 17.8 Å². The van der Waals surface area contributed by atoms with E-state index in [0.717, 1.165) is 11.9 Å². The van der Waals surface area contributed by atoms with Crippen LogP contribution < -0.4 is 0 Å². The van der Waals surface area contributed by atoms with Gasteiger partial charge in [0.2, 0.25) is 0 Å². The van der Waals surface area contributed by atoms with Gasteiger partial charge in [0.05, 0.1) is 0 Å². The molecule has 2 aliphatic rings. The van der Waals surface area contributed by atoms with Crippen LogP contribution in [0.3, 0.4) is 0 Å². The highest BCUT2D eigenvalue weighted by molar-refractivity contribution is 8.00. The van der Waals surface area contributed by atoms with Gasteiger partial charge in [0.15, 0.2) is 0 Å². The van der Waals surface area contributed by atoms with Crippen molar-refractivity contribution in [2.24, 2.45) is 0 Å². The van der Waals surface area contributed by atoms with Gasteiger partial charge in [-0.05, 0) is 11.6 Å². The maximum atomic E-state index is 10.7. The van der Waals surface area contributed by atoms with Crippen molar-refractivity contribution in [2.45, 2.75) is 16.1 Å². The van der Waals surface area contributed by atoms with Crippen molar-refractivity contribution in [3.63, 3.8) is 0 Å². The van der Waals surface area contributed by atoms with Crippen molar-refractivity contribution in [3.05, 3.63) is 53.6 Å². The summed E-state index contributed by atoms with van der Waals surface area (Å²) in [5.74, 6) is 0.386. The Morgan fingerprint density at radius 1 is 1.27 bits per heavy atom. The second-order valence-corrected chi connectivity index (χ2v) is 5.01. The maximum absolute atomic E-state index is 10.7. The first-order valence-electron chi connectivity index (χ1n) is 4.99. The first kappa shape index (κ1) is 8.98. The van der Waals surface area contributed by atoms with Gasteiger partial charge in [-0.25, -0.2) is 0 Å². The molecule has 3 rings (SSSR count). The van der Waals surface area contributed by atoms with Gasteiger partial charge in [0.25, 0.3) is 0 Å². The Morgan fingerprint density at radius 2 is 2.13 bits per heavy atom. The quantitative estimate of drug-likeness (QED) is 0.669. The van der Waals surface area contributed by atoms with E-state index in [0.29, 0.717) is 11.2 Å². The largest absolute Gasteiger partial charge is 0.298 e. The van der Waals surface area contributed by atoms with Gasteiger partial charge in [-0.15, -0.1) is 11.8 Å². The Labute approximate surface area is 92.9 Å². The van der Waals surface area contributed by atoms with Gasteiger partial charge in [-0.3, -0.25) is 4.79 Å². The molecule has 1 aliphatic carbocycles. The molecule has 15 heavy (non-hydrogen) atoms. The number of aldehydes is 1. The zero-order valence-corrected chi connectivity index (χ0v) is 8.91. The number of hydrogen-bond acceptors (Lipinski definition) is 2. The highest BCUT2D eigenvalue weighted by atomic mass is 32.2. The van der Waals surface area contributed by atoms with Crippen LogP contribution in [0.5, 0.6) is 0 Å². The van der Waals surface area contributed by atoms with E-state index in [2.05, 4.69) is 36.4 Å². The Kier molecular flexibility index (Phi) is 2.03. The van der Waals surface area contributed by atoms with E-state index in [4.69, 9.17) is 0 Å². The number of allylic oxidation sites excluding steroid dienone is 3. The average Bonchev–Trinajstić information content (AvgIpc) is 2.66. The second-order valence-electron chi connectivity index (χ2n) is 3.79. The summed E-state index contributed by atoms with van der Waals surface area (Å²) >= 11 is 1.89. The van der Waals surface area contributed by atoms with Crippen molar-refractivity contribution in [2.75, 3.05) is 0 Å². The molecule has 0 saturated heterocycles. The zero-order valence-electron chi connectivity index (χ0n) is 8.09. The lowest BCUT2D eigenvalue weighted by Gasteiger charge is -2.16. The molecule has 74 valence electrons. The van der Waals surface area contributed by atoms with Gasteiger partial charge in [0.1, 0.15) is 6.29 Å². The van der Waals surface area contributed by atoms with Crippen LogP contribution >= 0.6 is 11.8 Å². The number of fused-ring (bicyclic) bond motifs is 3. The molecule has 0 saturated carbocycles. The van der Waals surface area contributed by atoms with Crippen LogP contribution in [0.2, 0.25) is 0 Å². The first-order chi connectivity index (χ1) is 7.38. The van der Waals surface area contributed by atoms with Gasteiger partial charge < -0.3 is 0 Å². The summed E-state index contributed by atoms with van der Waals surface area (Å²) in [5.41, 5.74) is 2.16. The van der Waals surface area contributed by atoms with Crippen LogP contribution in [-0.4, -0.2) is 11.5 Å². The standard InChI is InChI=1S/C13H10OS/c14-8-9-5-6-13-11(7-9)10-3-1-2-4-12(10)15-13/h1-8,11,13H. The summed E-state index contributed by atoms with van der Waals surface area (Å²) in [6.45, 7) is 0. The molecule has 0 radical (unpaired) electrons. The van der Waals surface area contributed by atoms with Crippen molar-refractivity contribution < 1.29 is 4.79 Å². The first-order valence-corrected chi connectivity index (χ1v) is 5.87. The minimum Gasteiger partial charge on any atom is -0.298 e. The van der Waals surface area contributed by atoms with E-state index in [1.54, 1.807) is 0 Å². The lowest BCUT2D eigenvalue weighted by Crippen LogP contribution is -2.09. The number of benzene rings is 1. The minimum absolute atomic E-state index is 0.386. The van der Waals surface area contributed by atoms with Gasteiger partial charge in [-0.1, -0.05) is 36.4 Å². The van der Waals surface area contributed by atoms with Gasteiger partial charge in [-0.2, -0.15) is 0 Å². The van der Waals surface area contributed by atoms with Crippen LogP contribution in [0.4, 0.5) is 0 Å². The van der Waals surface area contributed by atoms with E-state index >= 15 is 0 Å². The van der Waals surface area contributed by atoms with Gasteiger partial charge >= 0.3 is 0 Å². The van der Waals surface area contributed by atoms with E-state index in [9.17, 15) is 4.79 Å². The summed E-state index contributed by atoms with van der Waals surface area (Å²) in [4.78, 5) is 12.1. The summed E-state index contributed by atoms with van der Waals surface area (Å²) in [7, 11) is 0. The third-order valence-corrected chi connectivity index (χ3v) is 4.23. The molecule has 2 heteroatoms. The highest BCUT2D eigenvalue weighted by Crippen LogP contribution is 2.48. The van der Waals surface area contributed by atoms with E-state index in [1.165, 1.54) is 10.5 Å². The maximum Gasteiger partial charge on any atom is 0.149 e. The fourth-order valence-corrected chi connectivity index (χ4v) is 3.47. The molecule has 1 aromatic carbocycles. The topological polar surface area (TPSA) is 17.1 Å². The van der Waals surface area contributed by atoms with Crippen molar-refractivity contribution in [1.29, 1.82) is 0 Å². The fourth-order valence-electron chi connectivity index (χ4n) is 2.15.